The van der Waals surface area contributed by atoms with Crippen LogP contribution in [0.2, 0.25) is 0 Å². The Morgan fingerprint density at radius 1 is 1.52 bits per heavy atom. The molecule has 6 nitrogen and oxygen atoms in total. The molecule has 0 fully saturated rings. The maximum absolute atomic E-state index is 11.4. The second kappa shape index (κ2) is 8.03. The summed E-state index contributed by atoms with van der Waals surface area (Å²) in [6, 6.07) is 0. The number of alkyl halides is 3. The van der Waals surface area contributed by atoms with Crippen LogP contribution in [-0.2, 0) is 16.0 Å². The first kappa shape index (κ1) is 18.3. The van der Waals surface area contributed by atoms with Crippen LogP contribution in [0.15, 0.2) is 5.38 Å². The molecule has 0 aliphatic heterocycles. The van der Waals surface area contributed by atoms with Crippen molar-refractivity contribution in [2.45, 2.75) is 23.6 Å². The average Bonchev–Trinajstić information content (AvgIpc) is 2.79. The number of carboxylic acids is 1. The lowest BCUT2D eigenvalue weighted by molar-refractivity contribution is -0.141. The number of nitrogens with zero attached hydrogens (tertiary/aromatic N) is 1. The van der Waals surface area contributed by atoms with Gasteiger partial charge in [0.05, 0.1) is 11.6 Å². The second-order valence-corrected chi connectivity index (χ2v) is 7.48. The topological polar surface area (TPSA) is 88.5 Å². The van der Waals surface area contributed by atoms with E-state index in [1.165, 1.54) is 0 Å². The molecule has 0 aromatic carbocycles. The normalized spacial score (nSPS) is 12.8. The summed E-state index contributed by atoms with van der Waals surface area (Å²) in [5.74, 6) is -1.38. The number of aromatic nitrogens is 1. The fourth-order valence-electron chi connectivity index (χ4n) is 1.39. The zero-order valence-corrected chi connectivity index (χ0v) is 14.0. The predicted octanol–water partition coefficient (Wildman–Crippen LogP) is 3.72. The van der Waals surface area contributed by atoms with Gasteiger partial charge in [0.1, 0.15) is 6.61 Å². The fourth-order valence-corrected chi connectivity index (χ4v) is 2.26. The summed E-state index contributed by atoms with van der Waals surface area (Å²) in [7, 11) is 0. The van der Waals surface area contributed by atoms with Gasteiger partial charge in [-0.1, -0.05) is 41.7 Å². The van der Waals surface area contributed by atoms with Gasteiger partial charge < -0.3 is 9.84 Å². The third-order valence-electron chi connectivity index (χ3n) is 2.43. The van der Waals surface area contributed by atoms with Crippen molar-refractivity contribution in [2.75, 3.05) is 11.9 Å². The molecule has 0 saturated carbocycles. The number of amides is 1. The monoisotopic (exact) mass is 374 g/mol. The number of aliphatic carboxylic acids is 1. The Morgan fingerprint density at radius 2 is 2.19 bits per heavy atom. The number of ether oxygens (including phenoxy) is 1. The van der Waals surface area contributed by atoms with E-state index in [4.69, 9.17) is 39.9 Å². The summed E-state index contributed by atoms with van der Waals surface area (Å²) < 4.78 is 3.01. The van der Waals surface area contributed by atoms with Crippen molar-refractivity contribution in [3.05, 3.63) is 11.1 Å². The van der Waals surface area contributed by atoms with Crippen LogP contribution < -0.4 is 5.32 Å². The molecular formula is C11H13Cl3N2O4S. The van der Waals surface area contributed by atoms with Crippen LogP contribution in [0.5, 0.6) is 0 Å². The molecule has 21 heavy (non-hydrogen) atoms. The molecular weight excluding hydrogens is 363 g/mol. The largest absolute Gasteiger partial charge is 0.481 e. The van der Waals surface area contributed by atoms with Crippen LogP contribution in [-0.4, -0.2) is 32.6 Å². The van der Waals surface area contributed by atoms with Gasteiger partial charge in [-0.3, -0.25) is 10.1 Å². The SMILES string of the molecule is CCC(Cc1csc(NC(=O)OCC(Cl)(Cl)Cl)n1)C(=O)O. The standard InChI is InChI=1S/C11H13Cl3N2O4S/c1-2-6(8(17)18)3-7-4-21-9(15-7)16-10(19)20-5-11(12,13)14/h4,6H,2-3,5H2,1H3,(H,17,18)(H,15,16,19). The van der Waals surface area contributed by atoms with E-state index in [0.717, 1.165) is 11.3 Å². The number of carbonyl (C=O) groups excluding carboxylic acids is 1. The lowest BCUT2D eigenvalue weighted by atomic mass is 10.0. The molecule has 0 bridgehead atoms. The van der Waals surface area contributed by atoms with E-state index >= 15 is 0 Å². The second-order valence-electron chi connectivity index (χ2n) is 4.11. The zero-order valence-electron chi connectivity index (χ0n) is 10.9. The highest BCUT2D eigenvalue weighted by Gasteiger charge is 2.22. The highest BCUT2D eigenvalue weighted by molar-refractivity contribution is 7.13. The quantitative estimate of drug-likeness (QED) is 0.740. The Kier molecular flexibility index (Phi) is 6.99. The molecule has 1 rings (SSSR count). The summed E-state index contributed by atoms with van der Waals surface area (Å²) >= 11 is 17.5. The van der Waals surface area contributed by atoms with Crippen molar-refractivity contribution in [1.29, 1.82) is 0 Å². The molecule has 1 aromatic rings. The molecule has 1 aromatic heterocycles. The van der Waals surface area contributed by atoms with Gasteiger partial charge in [0.2, 0.25) is 3.79 Å². The van der Waals surface area contributed by atoms with Gasteiger partial charge in [-0.25, -0.2) is 9.78 Å². The Hall–Kier alpha value is -0.760. The number of rotatable bonds is 6. The van der Waals surface area contributed by atoms with Gasteiger partial charge in [-0.15, -0.1) is 11.3 Å². The van der Waals surface area contributed by atoms with Crippen LogP contribution in [0.4, 0.5) is 9.93 Å². The first-order chi connectivity index (χ1) is 9.71. The van der Waals surface area contributed by atoms with E-state index in [9.17, 15) is 9.59 Å². The Bertz CT molecular complexity index is 504. The van der Waals surface area contributed by atoms with Crippen molar-refractivity contribution < 1.29 is 19.4 Å². The van der Waals surface area contributed by atoms with E-state index < -0.39 is 28.4 Å². The fraction of sp³-hybridized carbons (Fsp3) is 0.545. The Labute approximate surface area is 140 Å². The first-order valence-electron chi connectivity index (χ1n) is 5.89. The minimum absolute atomic E-state index is 0.291. The number of hydrogen-bond donors (Lipinski definition) is 2. The molecule has 1 unspecified atom stereocenters. The summed E-state index contributed by atoms with van der Waals surface area (Å²) in [5, 5.41) is 13.3. The van der Waals surface area contributed by atoms with E-state index in [-0.39, 0.29) is 0 Å². The molecule has 0 aliphatic rings. The van der Waals surface area contributed by atoms with Gasteiger partial charge in [0.25, 0.3) is 0 Å². The molecule has 1 heterocycles. The summed E-state index contributed by atoms with van der Waals surface area (Å²) in [6.07, 6.45) is 0.00112. The van der Waals surface area contributed by atoms with Gasteiger partial charge in [0, 0.05) is 11.8 Å². The summed E-state index contributed by atoms with van der Waals surface area (Å²) in [4.78, 5) is 26.5. The van der Waals surface area contributed by atoms with Crippen LogP contribution in [0.1, 0.15) is 19.0 Å². The maximum Gasteiger partial charge on any atom is 0.413 e. The van der Waals surface area contributed by atoms with Crippen molar-refractivity contribution in [3.8, 4) is 0 Å². The highest BCUT2D eigenvalue weighted by Crippen LogP contribution is 2.26. The predicted molar refractivity (Wildman–Crippen MR) is 82.5 cm³/mol. The molecule has 2 N–H and O–H groups in total. The molecule has 0 saturated heterocycles. The van der Waals surface area contributed by atoms with Crippen molar-refractivity contribution in [1.82, 2.24) is 4.98 Å². The van der Waals surface area contributed by atoms with Crippen LogP contribution in [0.25, 0.3) is 0 Å². The van der Waals surface area contributed by atoms with Crippen LogP contribution in [0, 0.1) is 5.92 Å². The van der Waals surface area contributed by atoms with E-state index in [2.05, 4.69) is 15.0 Å². The van der Waals surface area contributed by atoms with E-state index in [1.54, 1.807) is 12.3 Å². The molecule has 0 spiro atoms. The molecule has 0 radical (unpaired) electrons. The summed E-state index contributed by atoms with van der Waals surface area (Å²) in [5.41, 5.74) is 0.589. The van der Waals surface area contributed by atoms with E-state index in [0.29, 0.717) is 23.7 Å². The van der Waals surface area contributed by atoms with Crippen LogP contribution >= 0.6 is 46.1 Å². The molecule has 1 amide bonds. The molecule has 10 heteroatoms. The number of carbonyl (C=O) groups is 2. The highest BCUT2D eigenvalue weighted by atomic mass is 35.6. The minimum atomic E-state index is -1.68. The van der Waals surface area contributed by atoms with Gasteiger partial charge in [-0.2, -0.15) is 0 Å². The van der Waals surface area contributed by atoms with Gasteiger partial charge in [0.15, 0.2) is 5.13 Å². The zero-order chi connectivity index (χ0) is 16.0. The Morgan fingerprint density at radius 3 is 2.71 bits per heavy atom. The maximum atomic E-state index is 11.4. The van der Waals surface area contributed by atoms with Crippen molar-refractivity contribution in [2.24, 2.45) is 5.92 Å². The first-order valence-corrected chi connectivity index (χ1v) is 7.90. The van der Waals surface area contributed by atoms with Gasteiger partial charge >= 0.3 is 12.1 Å². The average molecular weight is 376 g/mol. The van der Waals surface area contributed by atoms with Crippen molar-refractivity contribution >= 4 is 63.3 Å². The lowest BCUT2D eigenvalue weighted by Gasteiger charge is -2.10. The minimum Gasteiger partial charge on any atom is -0.481 e. The number of hydrogen-bond acceptors (Lipinski definition) is 5. The number of halogens is 3. The summed E-state index contributed by atoms with van der Waals surface area (Å²) in [6.45, 7) is 1.40. The molecule has 1 atom stereocenters. The van der Waals surface area contributed by atoms with E-state index in [1.807, 2.05) is 0 Å². The lowest BCUT2D eigenvalue weighted by Crippen LogP contribution is -2.21. The molecule has 118 valence electrons. The third-order valence-corrected chi connectivity index (χ3v) is 3.56. The van der Waals surface area contributed by atoms with Gasteiger partial charge in [-0.05, 0) is 6.42 Å². The van der Waals surface area contributed by atoms with Crippen LogP contribution in [0.3, 0.4) is 0 Å². The third kappa shape index (κ3) is 7.17. The Balaban J connectivity index is 2.51. The smallest absolute Gasteiger partial charge is 0.413 e. The number of nitrogens with one attached hydrogen (secondary N) is 1. The number of anilines is 1. The molecule has 0 aliphatic carbocycles. The number of thiazole rings is 1. The van der Waals surface area contributed by atoms with Crippen molar-refractivity contribution in [3.63, 3.8) is 0 Å². The number of carboxylic acid groups (broad SMARTS) is 1.